The van der Waals surface area contributed by atoms with E-state index in [1.165, 1.54) is 11.3 Å². The molecule has 1 aliphatic heterocycles. The Labute approximate surface area is 178 Å². The minimum Gasteiger partial charge on any atom is -0.352 e. The number of rotatable bonds is 6. The topological polar surface area (TPSA) is 74.3 Å². The quantitative estimate of drug-likeness (QED) is 0.681. The number of aromatic nitrogens is 1. The van der Waals surface area contributed by atoms with Crippen LogP contribution in [0.3, 0.4) is 0 Å². The van der Waals surface area contributed by atoms with Crippen LogP contribution in [-0.2, 0) is 4.79 Å². The van der Waals surface area contributed by atoms with Gasteiger partial charge < -0.3 is 15.5 Å². The number of halogens is 2. The lowest BCUT2D eigenvalue weighted by Gasteiger charge is -2.24. The Morgan fingerprint density at radius 1 is 1.36 bits per heavy atom. The van der Waals surface area contributed by atoms with Crippen LogP contribution in [0.1, 0.15) is 43.6 Å². The number of carbonyl (C=O) groups is 2. The van der Waals surface area contributed by atoms with Gasteiger partial charge in [-0.3, -0.25) is 9.59 Å². The zero-order chi connectivity index (χ0) is 20.3. The van der Waals surface area contributed by atoms with Crippen molar-refractivity contribution in [3.8, 4) is 0 Å². The molecule has 0 aliphatic carbocycles. The molecular formula is C19H22Cl2N4O2S. The van der Waals surface area contributed by atoms with Crippen molar-refractivity contribution in [2.75, 3.05) is 11.9 Å². The fraction of sp³-hybridized carbons (Fsp3) is 0.421. The van der Waals surface area contributed by atoms with Crippen LogP contribution >= 0.6 is 34.5 Å². The van der Waals surface area contributed by atoms with Crippen molar-refractivity contribution in [2.45, 2.75) is 45.2 Å². The summed E-state index contributed by atoms with van der Waals surface area (Å²) >= 11 is 13.3. The third kappa shape index (κ3) is 4.77. The Bertz CT molecular complexity index is 873. The van der Waals surface area contributed by atoms with Crippen molar-refractivity contribution < 1.29 is 9.59 Å². The van der Waals surface area contributed by atoms with Gasteiger partial charge in [0.05, 0.1) is 10.0 Å². The van der Waals surface area contributed by atoms with Gasteiger partial charge in [0, 0.05) is 23.7 Å². The molecule has 2 aromatic rings. The van der Waals surface area contributed by atoms with Gasteiger partial charge in [-0.25, -0.2) is 4.98 Å². The first-order valence-corrected chi connectivity index (χ1v) is 10.8. The van der Waals surface area contributed by atoms with Crippen LogP contribution in [0, 0.1) is 0 Å². The summed E-state index contributed by atoms with van der Waals surface area (Å²) < 4.78 is 0. The van der Waals surface area contributed by atoms with Crippen LogP contribution in [0.4, 0.5) is 10.8 Å². The smallest absolute Gasteiger partial charge is 0.274 e. The summed E-state index contributed by atoms with van der Waals surface area (Å²) in [5, 5.41) is 9.27. The predicted octanol–water partition coefficient (Wildman–Crippen LogP) is 4.71. The fourth-order valence-electron chi connectivity index (χ4n) is 3.00. The summed E-state index contributed by atoms with van der Waals surface area (Å²) in [4.78, 5) is 31.4. The van der Waals surface area contributed by atoms with Crippen molar-refractivity contribution in [2.24, 2.45) is 0 Å². The highest BCUT2D eigenvalue weighted by atomic mass is 35.5. The molecular weight excluding hydrogens is 419 g/mol. The lowest BCUT2D eigenvalue weighted by molar-refractivity contribution is -0.125. The molecule has 0 unspecified atom stereocenters. The Balaban J connectivity index is 1.69. The first-order chi connectivity index (χ1) is 13.4. The maximum absolute atomic E-state index is 12.9. The molecule has 1 aromatic heterocycles. The monoisotopic (exact) mass is 440 g/mol. The second-order valence-corrected chi connectivity index (χ2v) is 8.44. The zero-order valence-corrected chi connectivity index (χ0v) is 18.0. The van der Waals surface area contributed by atoms with Gasteiger partial charge in [0.1, 0.15) is 11.7 Å². The Kier molecular flexibility index (Phi) is 6.80. The predicted molar refractivity (Wildman–Crippen MR) is 114 cm³/mol. The fourth-order valence-corrected chi connectivity index (χ4v) is 4.00. The number of benzene rings is 1. The summed E-state index contributed by atoms with van der Waals surface area (Å²) in [6.07, 6.45) is 2.33. The number of hydrogen-bond donors (Lipinski definition) is 2. The van der Waals surface area contributed by atoms with Crippen LogP contribution < -0.4 is 10.6 Å². The molecule has 0 spiro atoms. The molecule has 0 bridgehead atoms. The van der Waals surface area contributed by atoms with Crippen molar-refractivity contribution in [3.63, 3.8) is 0 Å². The molecule has 3 rings (SSSR count). The van der Waals surface area contributed by atoms with E-state index in [1.54, 1.807) is 28.5 Å². The van der Waals surface area contributed by atoms with Crippen molar-refractivity contribution >= 4 is 57.2 Å². The lowest BCUT2D eigenvalue weighted by Crippen LogP contribution is -2.48. The minimum absolute atomic E-state index is 0.0892. The molecule has 150 valence electrons. The highest BCUT2D eigenvalue weighted by Gasteiger charge is 2.35. The molecule has 2 heterocycles. The van der Waals surface area contributed by atoms with Gasteiger partial charge in [-0.2, -0.15) is 0 Å². The van der Waals surface area contributed by atoms with Crippen LogP contribution in [-0.4, -0.2) is 40.3 Å². The molecule has 0 saturated carbocycles. The number of carbonyl (C=O) groups excluding carboxylic acids is 2. The van der Waals surface area contributed by atoms with Gasteiger partial charge in [0.25, 0.3) is 5.91 Å². The van der Waals surface area contributed by atoms with Gasteiger partial charge in [-0.1, -0.05) is 30.1 Å². The minimum atomic E-state index is -0.435. The molecule has 1 aliphatic rings. The number of thiazole rings is 1. The third-order valence-electron chi connectivity index (χ3n) is 4.71. The molecule has 6 nitrogen and oxygen atoms in total. The molecule has 0 radical (unpaired) electrons. The van der Waals surface area contributed by atoms with E-state index in [1.807, 2.05) is 13.8 Å². The Morgan fingerprint density at radius 3 is 2.86 bits per heavy atom. The van der Waals surface area contributed by atoms with Crippen LogP contribution in [0.15, 0.2) is 23.6 Å². The normalized spacial score (nSPS) is 17.4. The van der Waals surface area contributed by atoms with E-state index in [4.69, 9.17) is 23.2 Å². The summed E-state index contributed by atoms with van der Waals surface area (Å²) in [5.41, 5.74) is 1.06. The lowest BCUT2D eigenvalue weighted by atomic mass is 10.1. The number of likely N-dealkylation sites (tertiary alicyclic amines) is 1. The second-order valence-electron chi connectivity index (χ2n) is 6.77. The molecule has 9 heteroatoms. The average molecular weight is 441 g/mol. The largest absolute Gasteiger partial charge is 0.352 e. The van der Waals surface area contributed by atoms with E-state index in [9.17, 15) is 9.59 Å². The average Bonchev–Trinajstić information content (AvgIpc) is 3.33. The maximum atomic E-state index is 12.9. The third-order valence-corrected chi connectivity index (χ3v) is 6.21. The Morgan fingerprint density at radius 2 is 2.14 bits per heavy atom. The standard InChI is InChI=1S/C19H22Cl2N4O2S/c1-3-11(2)22-17(26)16-5-4-8-25(16)18(27)15-10-28-19(24-15)23-12-6-7-13(20)14(21)9-12/h6-7,9-11,16H,3-5,8H2,1-2H3,(H,22,26)(H,23,24)/t11-,16+/m1/s1. The van der Waals surface area contributed by atoms with Gasteiger partial charge in [0.15, 0.2) is 5.13 Å². The number of nitrogens with one attached hydrogen (secondary N) is 2. The van der Waals surface area contributed by atoms with Gasteiger partial charge in [0.2, 0.25) is 5.91 Å². The van der Waals surface area contributed by atoms with E-state index in [2.05, 4.69) is 15.6 Å². The summed E-state index contributed by atoms with van der Waals surface area (Å²) in [5.74, 6) is -0.315. The van der Waals surface area contributed by atoms with E-state index in [0.717, 1.165) is 18.5 Å². The van der Waals surface area contributed by atoms with Crippen LogP contribution in [0.5, 0.6) is 0 Å². The van der Waals surface area contributed by atoms with Crippen molar-refractivity contribution in [1.82, 2.24) is 15.2 Å². The van der Waals surface area contributed by atoms with E-state index < -0.39 is 6.04 Å². The number of amides is 2. The van der Waals surface area contributed by atoms with Crippen LogP contribution in [0.25, 0.3) is 0 Å². The summed E-state index contributed by atoms with van der Waals surface area (Å²) in [7, 11) is 0. The van der Waals surface area contributed by atoms with E-state index >= 15 is 0 Å². The molecule has 1 aromatic carbocycles. The maximum Gasteiger partial charge on any atom is 0.274 e. The van der Waals surface area contributed by atoms with E-state index in [0.29, 0.717) is 33.8 Å². The molecule has 2 amide bonds. The summed E-state index contributed by atoms with van der Waals surface area (Å²) in [6.45, 7) is 4.53. The van der Waals surface area contributed by atoms with Gasteiger partial charge in [-0.15, -0.1) is 11.3 Å². The first kappa shape index (κ1) is 20.9. The molecule has 1 saturated heterocycles. The van der Waals surface area contributed by atoms with Gasteiger partial charge in [-0.05, 0) is 44.4 Å². The first-order valence-electron chi connectivity index (χ1n) is 9.18. The number of hydrogen-bond acceptors (Lipinski definition) is 5. The molecule has 1 fully saturated rings. The number of nitrogens with zero attached hydrogens (tertiary/aromatic N) is 2. The van der Waals surface area contributed by atoms with Crippen molar-refractivity contribution in [3.05, 3.63) is 39.3 Å². The summed E-state index contributed by atoms with van der Waals surface area (Å²) in [6, 6.07) is 4.83. The second kappa shape index (κ2) is 9.11. The number of anilines is 2. The highest BCUT2D eigenvalue weighted by Crippen LogP contribution is 2.29. The SMILES string of the molecule is CC[C@@H](C)NC(=O)[C@@H]1CCCN1C(=O)c1csc(Nc2ccc(Cl)c(Cl)c2)n1. The molecule has 28 heavy (non-hydrogen) atoms. The van der Waals surface area contributed by atoms with Crippen molar-refractivity contribution in [1.29, 1.82) is 0 Å². The zero-order valence-electron chi connectivity index (χ0n) is 15.7. The van der Waals surface area contributed by atoms with Crippen LogP contribution in [0.2, 0.25) is 10.0 Å². The van der Waals surface area contributed by atoms with Gasteiger partial charge >= 0.3 is 0 Å². The van der Waals surface area contributed by atoms with E-state index in [-0.39, 0.29) is 17.9 Å². The molecule has 2 atom stereocenters. The highest BCUT2D eigenvalue weighted by molar-refractivity contribution is 7.14. The Hall–Kier alpha value is -1.83. The molecule has 2 N–H and O–H groups in total.